The maximum Gasteiger partial charge on any atom is 0.231 e. The summed E-state index contributed by atoms with van der Waals surface area (Å²) in [5.41, 5.74) is 2.18. The number of fused-ring (bicyclic) bond motifs is 1. The Labute approximate surface area is 164 Å². The van der Waals surface area contributed by atoms with Crippen molar-refractivity contribution in [3.8, 4) is 11.5 Å². The van der Waals surface area contributed by atoms with Crippen LogP contribution in [0.5, 0.6) is 11.5 Å². The average molecular weight is 380 g/mol. The average Bonchev–Trinajstić information content (AvgIpc) is 3.32. The fourth-order valence-corrected chi connectivity index (χ4v) is 3.77. The number of hydrogen-bond donors (Lipinski definition) is 0. The number of hydrogen-bond acceptors (Lipinski definition) is 4. The molecule has 0 spiro atoms. The quantitative estimate of drug-likeness (QED) is 0.773. The van der Waals surface area contributed by atoms with Crippen molar-refractivity contribution in [2.75, 3.05) is 26.9 Å². The number of carbonyl (C=O) groups excluding carboxylic acids is 2. The van der Waals surface area contributed by atoms with Crippen molar-refractivity contribution in [3.63, 3.8) is 0 Å². The minimum atomic E-state index is -0.276. The van der Waals surface area contributed by atoms with Crippen LogP contribution in [0.2, 0.25) is 0 Å². The third-order valence-corrected chi connectivity index (χ3v) is 5.31. The van der Waals surface area contributed by atoms with Gasteiger partial charge >= 0.3 is 0 Å². The van der Waals surface area contributed by atoms with Gasteiger partial charge in [0.05, 0.1) is 5.92 Å². The second-order valence-electron chi connectivity index (χ2n) is 7.36. The van der Waals surface area contributed by atoms with E-state index in [1.807, 2.05) is 41.3 Å². The molecule has 1 atom stereocenters. The predicted octanol–water partition coefficient (Wildman–Crippen LogP) is 2.46. The first-order valence-electron chi connectivity index (χ1n) is 9.55. The summed E-state index contributed by atoms with van der Waals surface area (Å²) in [5.74, 6) is 1.23. The van der Waals surface area contributed by atoms with Gasteiger partial charge in [-0.3, -0.25) is 9.59 Å². The van der Waals surface area contributed by atoms with E-state index in [2.05, 4.69) is 12.1 Å². The van der Waals surface area contributed by atoms with Gasteiger partial charge in [-0.15, -0.1) is 0 Å². The van der Waals surface area contributed by atoms with E-state index in [0.29, 0.717) is 31.8 Å². The lowest BCUT2D eigenvalue weighted by molar-refractivity contribution is -0.135. The molecule has 4 rings (SSSR count). The van der Waals surface area contributed by atoms with E-state index < -0.39 is 0 Å². The standard InChI is InChI=1S/C22H24N2O4/c1-23(13-17-7-8-19-20(11-17)28-15-27-19)22(26)18-12-21(25)24(14-18)10-9-16-5-3-2-4-6-16/h2-8,11,18H,9-10,12-15H2,1H3. The maximum atomic E-state index is 12.8. The van der Waals surface area contributed by atoms with Gasteiger partial charge in [-0.2, -0.15) is 0 Å². The molecule has 1 fully saturated rings. The Kier molecular flexibility index (Phi) is 5.19. The zero-order valence-electron chi connectivity index (χ0n) is 16.0. The predicted molar refractivity (Wildman–Crippen MR) is 104 cm³/mol. The zero-order chi connectivity index (χ0) is 19.5. The van der Waals surface area contributed by atoms with Crippen molar-refractivity contribution < 1.29 is 19.1 Å². The summed E-state index contributed by atoms with van der Waals surface area (Å²) in [6.45, 7) is 1.86. The molecule has 6 nitrogen and oxygen atoms in total. The molecule has 1 saturated heterocycles. The molecule has 0 aromatic heterocycles. The summed E-state index contributed by atoms with van der Waals surface area (Å²) < 4.78 is 10.7. The lowest BCUT2D eigenvalue weighted by Gasteiger charge is -2.21. The van der Waals surface area contributed by atoms with E-state index in [1.165, 1.54) is 5.56 Å². The normalized spacial score (nSPS) is 17.8. The molecule has 2 aromatic carbocycles. The van der Waals surface area contributed by atoms with Gasteiger partial charge in [-0.25, -0.2) is 0 Å². The van der Waals surface area contributed by atoms with Gasteiger partial charge < -0.3 is 19.3 Å². The SMILES string of the molecule is CN(Cc1ccc2c(c1)OCO2)C(=O)C1CC(=O)N(CCc2ccccc2)C1. The lowest BCUT2D eigenvalue weighted by Crippen LogP contribution is -2.34. The number of likely N-dealkylation sites (tertiary alicyclic amines) is 1. The number of nitrogens with zero attached hydrogens (tertiary/aromatic N) is 2. The van der Waals surface area contributed by atoms with Crippen molar-refractivity contribution in [2.24, 2.45) is 5.92 Å². The molecule has 2 aliphatic heterocycles. The highest BCUT2D eigenvalue weighted by Crippen LogP contribution is 2.33. The smallest absolute Gasteiger partial charge is 0.231 e. The number of amides is 2. The van der Waals surface area contributed by atoms with Crippen LogP contribution in [0.25, 0.3) is 0 Å². The van der Waals surface area contributed by atoms with Gasteiger partial charge in [0.15, 0.2) is 11.5 Å². The third kappa shape index (κ3) is 3.96. The second-order valence-corrected chi connectivity index (χ2v) is 7.36. The minimum Gasteiger partial charge on any atom is -0.454 e. The highest BCUT2D eigenvalue weighted by molar-refractivity contribution is 5.89. The Bertz CT molecular complexity index is 868. The molecule has 0 bridgehead atoms. The van der Waals surface area contributed by atoms with Crippen LogP contribution in [-0.2, 0) is 22.6 Å². The molecule has 2 amide bonds. The van der Waals surface area contributed by atoms with Crippen molar-refractivity contribution in [2.45, 2.75) is 19.4 Å². The van der Waals surface area contributed by atoms with Gasteiger partial charge in [0, 0.05) is 33.1 Å². The van der Waals surface area contributed by atoms with Gasteiger partial charge in [0.1, 0.15) is 0 Å². The monoisotopic (exact) mass is 380 g/mol. The highest BCUT2D eigenvalue weighted by atomic mass is 16.7. The van der Waals surface area contributed by atoms with Crippen LogP contribution < -0.4 is 9.47 Å². The first kappa shape index (κ1) is 18.3. The van der Waals surface area contributed by atoms with Crippen LogP contribution in [0.15, 0.2) is 48.5 Å². The van der Waals surface area contributed by atoms with Crippen LogP contribution in [-0.4, -0.2) is 48.5 Å². The van der Waals surface area contributed by atoms with Crippen molar-refractivity contribution >= 4 is 11.8 Å². The molecule has 6 heteroatoms. The summed E-state index contributed by atoms with van der Waals surface area (Å²) in [7, 11) is 1.78. The molecule has 1 unspecified atom stereocenters. The van der Waals surface area contributed by atoms with Gasteiger partial charge in [-0.05, 0) is 29.7 Å². The van der Waals surface area contributed by atoms with Crippen molar-refractivity contribution in [1.29, 1.82) is 0 Å². The number of benzene rings is 2. The Morgan fingerprint density at radius 2 is 1.89 bits per heavy atom. The van der Waals surface area contributed by atoms with Crippen LogP contribution in [0.4, 0.5) is 0 Å². The van der Waals surface area contributed by atoms with Crippen molar-refractivity contribution in [1.82, 2.24) is 9.80 Å². The van der Waals surface area contributed by atoms with Crippen LogP contribution >= 0.6 is 0 Å². The summed E-state index contributed by atoms with van der Waals surface area (Å²) in [6, 6.07) is 15.8. The fraction of sp³-hybridized carbons (Fsp3) is 0.364. The molecule has 0 saturated carbocycles. The molecular weight excluding hydrogens is 356 g/mol. The molecule has 2 aliphatic rings. The summed E-state index contributed by atoms with van der Waals surface area (Å²) in [5, 5.41) is 0. The Hall–Kier alpha value is -3.02. The molecule has 28 heavy (non-hydrogen) atoms. The Morgan fingerprint density at radius 3 is 2.71 bits per heavy atom. The van der Waals surface area contributed by atoms with E-state index in [0.717, 1.165) is 17.7 Å². The molecule has 2 heterocycles. The van der Waals surface area contributed by atoms with E-state index in [9.17, 15) is 9.59 Å². The molecule has 146 valence electrons. The highest BCUT2D eigenvalue weighted by Gasteiger charge is 2.35. The lowest BCUT2D eigenvalue weighted by atomic mass is 10.1. The Balaban J connectivity index is 1.32. The second kappa shape index (κ2) is 7.92. The van der Waals surface area contributed by atoms with Gasteiger partial charge in [0.2, 0.25) is 18.6 Å². The molecule has 0 radical (unpaired) electrons. The van der Waals surface area contributed by atoms with Crippen LogP contribution in [0.1, 0.15) is 17.5 Å². The van der Waals surface area contributed by atoms with Crippen LogP contribution in [0, 0.1) is 5.92 Å². The Morgan fingerprint density at radius 1 is 1.11 bits per heavy atom. The van der Waals surface area contributed by atoms with E-state index in [-0.39, 0.29) is 24.5 Å². The number of carbonyl (C=O) groups is 2. The molecular formula is C22H24N2O4. The van der Waals surface area contributed by atoms with Crippen LogP contribution in [0.3, 0.4) is 0 Å². The molecule has 0 aliphatic carbocycles. The first-order chi connectivity index (χ1) is 13.6. The van der Waals surface area contributed by atoms with E-state index in [4.69, 9.17) is 9.47 Å². The van der Waals surface area contributed by atoms with E-state index >= 15 is 0 Å². The molecule has 0 N–H and O–H groups in total. The first-order valence-corrected chi connectivity index (χ1v) is 9.55. The minimum absolute atomic E-state index is 0.00762. The summed E-state index contributed by atoms with van der Waals surface area (Å²) in [4.78, 5) is 28.7. The number of ether oxygens (including phenoxy) is 2. The fourth-order valence-electron chi connectivity index (χ4n) is 3.77. The van der Waals surface area contributed by atoms with E-state index in [1.54, 1.807) is 11.9 Å². The topological polar surface area (TPSA) is 59.1 Å². The third-order valence-electron chi connectivity index (χ3n) is 5.31. The largest absolute Gasteiger partial charge is 0.454 e. The van der Waals surface area contributed by atoms with Gasteiger partial charge in [-0.1, -0.05) is 36.4 Å². The number of rotatable bonds is 6. The maximum absolute atomic E-state index is 12.8. The zero-order valence-corrected chi connectivity index (χ0v) is 16.0. The van der Waals surface area contributed by atoms with Gasteiger partial charge in [0.25, 0.3) is 0 Å². The summed E-state index contributed by atoms with van der Waals surface area (Å²) in [6.07, 6.45) is 1.10. The van der Waals surface area contributed by atoms with Crippen molar-refractivity contribution in [3.05, 3.63) is 59.7 Å². The summed E-state index contributed by atoms with van der Waals surface area (Å²) >= 11 is 0. The molecule has 2 aromatic rings.